The van der Waals surface area contributed by atoms with E-state index in [1.807, 2.05) is 6.92 Å². The highest BCUT2D eigenvalue weighted by molar-refractivity contribution is 5.78. The molecule has 1 aliphatic rings. The SMILES string of the molecule is CCCNC(C)c1ccc(OCC(=O)NC2CC2)cc1F. The minimum absolute atomic E-state index is 0.0443. The zero-order chi connectivity index (χ0) is 15.2. The maximum atomic E-state index is 14.1. The van der Waals surface area contributed by atoms with Crippen LogP contribution >= 0.6 is 0 Å². The second-order valence-electron chi connectivity index (χ2n) is 5.49. The fraction of sp³-hybridized carbons (Fsp3) is 0.562. The van der Waals surface area contributed by atoms with Crippen LogP contribution in [0.2, 0.25) is 0 Å². The van der Waals surface area contributed by atoms with Crippen molar-refractivity contribution in [1.29, 1.82) is 0 Å². The van der Waals surface area contributed by atoms with Crippen molar-refractivity contribution < 1.29 is 13.9 Å². The molecule has 0 spiro atoms. The second-order valence-corrected chi connectivity index (χ2v) is 5.49. The predicted octanol–water partition coefficient (Wildman–Crippen LogP) is 2.54. The maximum Gasteiger partial charge on any atom is 0.258 e. The lowest BCUT2D eigenvalue weighted by Gasteiger charge is -2.15. The van der Waals surface area contributed by atoms with Crippen molar-refractivity contribution in [3.63, 3.8) is 0 Å². The molecule has 0 radical (unpaired) electrons. The molecule has 1 atom stereocenters. The number of halogens is 1. The van der Waals surface area contributed by atoms with Crippen LogP contribution in [0.5, 0.6) is 5.75 Å². The first kappa shape index (κ1) is 15.8. The van der Waals surface area contributed by atoms with Gasteiger partial charge in [0.05, 0.1) is 0 Å². The van der Waals surface area contributed by atoms with Gasteiger partial charge in [0.25, 0.3) is 5.91 Å². The fourth-order valence-corrected chi connectivity index (χ4v) is 2.07. The van der Waals surface area contributed by atoms with Crippen molar-refractivity contribution in [3.8, 4) is 5.75 Å². The number of amides is 1. The van der Waals surface area contributed by atoms with Crippen LogP contribution in [-0.4, -0.2) is 25.1 Å². The van der Waals surface area contributed by atoms with Gasteiger partial charge in [0.1, 0.15) is 11.6 Å². The lowest BCUT2D eigenvalue weighted by atomic mass is 10.1. The number of hydrogen-bond donors (Lipinski definition) is 2. The van der Waals surface area contributed by atoms with Crippen molar-refractivity contribution in [3.05, 3.63) is 29.6 Å². The van der Waals surface area contributed by atoms with Crippen LogP contribution in [0, 0.1) is 5.82 Å². The largest absolute Gasteiger partial charge is 0.484 e. The van der Waals surface area contributed by atoms with Gasteiger partial charge < -0.3 is 15.4 Å². The first-order valence-corrected chi connectivity index (χ1v) is 7.55. The van der Waals surface area contributed by atoms with Crippen molar-refractivity contribution in [1.82, 2.24) is 10.6 Å². The Morgan fingerprint density at radius 2 is 2.24 bits per heavy atom. The Hall–Kier alpha value is -1.62. The predicted molar refractivity (Wildman–Crippen MR) is 79.8 cm³/mol. The van der Waals surface area contributed by atoms with Gasteiger partial charge in [-0.2, -0.15) is 0 Å². The van der Waals surface area contributed by atoms with E-state index in [4.69, 9.17) is 4.74 Å². The molecule has 116 valence electrons. The number of benzene rings is 1. The third kappa shape index (κ3) is 5.01. The average Bonchev–Trinajstić information content (AvgIpc) is 3.26. The Morgan fingerprint density at radius 3 is 2.86 bits per heavy atom. The van der Waals surface area contributed by atoms with Crippen LogP contribution in [0.25, 0.3) is 0 Å². The molecule has 2 rings (SSSR count). The molecule has 1 aromatic rings. The average molecular weight is 294 g/mol. The monoisotopic (exact) mass is 294 g/mol. The highest BCUT2D eigenvalue weighted by Gasteiger charge is 2.23. The van der Waals surface area contributed by atoms with E-state index in [1.165, 1.54) is 6.07 Å². The lowest BCUT2D eigenvalue weighted by molar-refractivity contribution is -0.123. The van der Waals surface area contributed by atoms with Gasteiger partial charge in [0, 0.05) is 23.7 Å². The Labute approximate surface area is 125 Å². The molecule has 4 nitrogen and oxygen atoms in total. The molecule has 0 saturated heterocycles. The molecule has 0 aromatic heterocycles. The summed E-state index contributed by atoms with van der Waals surface area (Å²) in [7, 11) is 0. The van der Waals surface area contributed by atoms with E-state index in [-0.39, 0.29) is 24.4 Å². The standard InChI is InChI=1S/C16H23FN2O2/c1-3-8-18-11(2)14-7-6-13(9-15(14)17)21-10-16(20)19-12-4-5-12/h6-7,9,11-12,18H,3-5,8,10H2,1-2H3,(H,19,20). The van der Waals surface area contributed by atoms with Gasteiger partial charge >= 0.3 is 0 Å². The summed E-state index contributed by atoms with van der Waals surface area (Å²) in [6.45, 7) is 4.77. The Balaban J connectivity index is 1.86. The van der Waals surface area contributed by atoms with E-state index >= 15 is 0 Å². The Morgan fingerprint density at radius 1 is 1.48 bits per heavy atom. The van der Waals surface area contributed by atoms with Gasteiger partial charge in [-0.15, -0.1) is 0 Å². The van der Waals surface area contributed by atoms with E-state index < -0.39 is 0 Å². The fourth-order valence-electron chi connectivity index (χ4n) is 2.07. The summed E-state index contributed by atoms with van der Waals surface area (Å²) in [6, 6.07) is 5.01. The van der Waals surface area contributed by atoms with Crippen LogP contribution in [-0.2, 0) is 4.79 Å². The molecular formula is C16H23FN2O2. The number of hydrogen-bond acceptors (Lipinski definition) is 3. The molecule has 0 heterocycles. The molecule has 1 amide bonds. The number of ether oxygens (including phenoxy) is 1. The number of nitrogens with one attached hydrogen (secondary N) is 2. The summed E-state index contributed by atoms with van der Waals surface area (Å²) in [5.74, 6) is -0.0870. The molecule has 1 saturated carbocycles. The minimum Gasteiger partial charge on any atom is -0.484 e. The third-order valence-corrected chi connectivity index (χ3v) is 3.45. The zero-order valence-electron chi connectivity index (χ0n) is 12.6. The first-order chi connectivity index (χ1) is 10.1. The number of carbonyl (C=O) groups is 1. The molecule has 2 N–H and O–H groups in total. The smallest absolute Gasteiger partial charge is 0.258 e. The highest BCUT2D eigenvalue weighted by atomic mass is 19.1. The highest BCUT2D eigenvalue weighted by Crippen LogP contribution is 2.22. The van der Waals surface area contributed by atoms with E-state index in [9.17, 15) is 9.18 Å². The van der Waals surface area contributed by atoms with Gasteiger partial charge in [0.15, 0.2) is 6.61 Å². The molecule has 1 unspecified atom stereocenters. The van der Waals surface area contributed by atoms with Gasteiger partial charge in [0.2, 0.25) is 0 Å². The molecule has 1 aliphatic carbocycles. The minimum atomic E-state index is -0.314. The van der Waals surface area contributed by atoms with Crippen molar-refractivity contribution in [2.45, 2.75) is 45.2 Å². The maximum absolute atomic E-state index is 14.1. The van der Waals surface area contributed by atoms with Crippen LogP contribution < -0.4 is 15.4 Å². The van der Waals surface area contributed by atoms with Crippen LogP contribution in [0.3, 0.4) is 0 Å². The number of carbonyl (C=O) groups excluding carboxylic acids is 1. The first-order valence-electron chi connectivity index (χ1n) is 7.55. The third-order valence-electron chi connectivity index (χ3n) is 3.45. The van der Waals surface area contributed by atoms with E-state index in [0.717, 1.165) is 25.8 Å². The van der Waals surface area contributed by atoms with Crippen LogP contribution in [0.4, 0.5) is 4.39 Å². The summed E-state index contributed by atoms with van der Waals surface area (Å²) in [5, 5.41) is 6.07. The summed E-state index contributed by atoms with van der Waals surface area (Å²) in [6.07, 6.45) is 3.08. The van der Waals surface area contributed by atoms with Gasteiger partial charge in [-0.25, -0.2) is 4.39 Å². The van der Waals surface area contributed by atoms with Crippen LogP contribution in [0.15, 0.2) is 18.2 Å². The van der Waals surface area contributed by atoms with Crippen molar-refractivity contribution in [2.24, 2.45) is 0 Å². The molecule has 0 aliphatic heterocycles. The summed E-state index contributed by atoms with van der Waals surface area (Å²) in [5.41, 5.74) is 0.609. The lowest BCUT2D eigenvalue weighted by Crippen LogP contribution is -2.30. The molecule has 1 aromatic carbocycles. The van der Waals surface area contributed by atoms with Gasteiger partial charge in [-0.3, -0.25) is 4.79 Å². The molecule has 1 fully saturated rings. The molecule has 0 bridgehead atoms. The zero-order valence-corrected chi connectivity index (χ0v) is 12.6. The van der Waals surface area contributed by atoms with Gasteiger partial charge in [-0.1, -0.05) is 13.0 Å². The van der Waals surface area contributed by atoms with Crippen LogP contribution in [0.1, 0.15) is 44.7 Å². The van der Waals surface area contributed by atoms with Gasteiger partial charge in [-0.05, 0) is 38.8 Å². The normalized spacial score (nSPS) is 15.6. The Bertz CT molecular complexity index is 489. The quantitative estimate of drug-likeness (QED) is 0.774. The molecule has 21 heavy (non-hydrogen) atoms. The summed E-state index contributed by atoms with van der Waals surface area (Å²) in [4.78, 5) is 11.5. The second kappa shape index (κ2) is 7.41. The topological polar surface area (TPSA) is 50.4 Å². The Kier molecular flexibility index (Phi) is 5.56. The van der Waals surface area contributed by atoms with E-state index in [1.54, 1.807) is 12.1 Å². The molecular weight excluding hydrogens is 271 g/mol. The summed E-state index contributed by atoms with van der Waals surface area (Å²) < 4.78 is 19.4. The summed E-state index contributed by atoms with van der Waals surface area (Å²) >= 11 is 0. The van der Waals surface area contributed by atoms with E-state index in [2.05, 4.69) is 17.6 Å². The number of rotatable bonds is 8. The van der Waals surface area contributed by atoms with E-state index in [0.29, 0.717) is 17.4 Å². The van der Waals surface area contributed by atoms with Crippen molar-refractivity contribution >= 4 is 5.91 Å². The molecule has 5 heteroatoms. The van der Waals surface area contributed by atoms with Crippen molar-refractivity contribution in [2.75, 3.05) is 13.2 Å².